The Balaban J connectivity index is 1.71. The molecule has 0 bridgehead atoms. The first-order chi connectivity index (χ1) is 12.2. The van der Waals surface area contributed by atoms with Gasteiger partial charge in [0.2, 0.25) is 0 Å². The van der Waals surface area contributed by atoms with E-state index in [0.717, 1.165) is 16.5 Å². The lowest BCUT2D eigenvalue weighted by molar-refractivity contribution is 0.102. The molecular formula is C19H13N3O3. The Morgan fingerprint density at radius 1 is 1.12 bits per heavy atom. The summed E-state index contributed by atoms with van der Waals surface area (Å²) in [7, 11) is 0. The van der Waals surface area contributed by atoms with Crippen LogP contribution in [0.2, 0.25) is 0 Å². The van der Waals surface area contributed by atoms with Crippen LogP contribution in [-0.4, -0.2) is 22.2 Å². The predicted octanol–water partition coefficient (Wildman–Crippen LogP) is 3.89. The molecule has 4 aromatic rings. The second-order valence-electron chi connectivity index (χ2n) is 5.47. The van der Waals surface area contributed by atoms with Crippen LogP contribution in [0.5, 0.6) is 0 Å². The van der Waals surface area contributed by atoms with E-state index in [0.29, 0.717) is 23.3 Å². The molecule has 0 atom stereocenters. The maximum absolute atomic E-state index is 12.6. The molecule has 0 aliphatic carbocycles. The fourth-order valence-electron chi connectivity index (χ4n) is 2.67. The summed E-state index contributed by atoms with van der Waals surface area (Å²) in [5.41, 5.74) is 2.83. The van der Waals surface area contributed by atoms with Crippen LogP contribution in [0.1, 0.15) is 20.9 Å². The van der Waals surface area contributed by atoms with Crippen LogP contribution in [-0.2, 0) is 0 Å². The number of carbonyl (C=O) groups excluding carboxylic acids is 2. The fraction of sp³-hybridized carbons (Fsp3) is 0. The number of aldehydes is 1. The monoisotopic (exact) mass is 331 g/mol. The Morgan fingerprint density at radius 3 is 2.72 bits per heavy atom. The Morgan fingerprint density at radius 2 is 1.96 bits per heavy atom. The van der Waals surface area contributed by atoms with Gasteiger partial charge in [-0.3, -0.25) is 14.6 Å². The van der Waals surface area contributed by atoms with Gasteiger partial charge in [-0.2, -0.15) is 0 Å². The summed E-state index contributed by atoms with van der Waals surface area (Å²) in [4.78, 5) is 30.4. The number of aromatic amines is 1. The van der Waals surface area contributed by atoms with E-state index in [1.165, 1.54) is 0 Å². The number of amides is 1. The molecule has 1 amide bonds. The molecule has 1 aromatic carbocycles. The summed E-state index contributed by atoms with van der Waals surface area (Å²) >= 11 is 0. The summed E-state index contributed by atoms with van der Waals surface area (Å²) < 4.78 is 5.45. The van der Waals surface area contributed by atoms with Crippen LogP contribution in [0.25, 0.3) is 22.2 Å². The topological polar surface area (TPSA) is 88.0 Å². The molecule has 0 radical (unpaired) electrons. The molecule has 0 saturated heterocycles. The summed E-state index contributed by atoms with van der Waals surface area (Å²) in [5.74, 6) is 0.619. The SMILES string of the molecule is O=Cc1ccc(-c2ccc3[nH]cc(C(=O)Nc4ccncc4)c3c2)o1. The highest BCUT2D eigenvalue weighted by Gasteiger charge is 2.14. The number of furan rings is 1. The number of benzene rings is 1. The van der Waals surface area contributed by atoms with Crippen molar-refractivity contribution < 1.29 is 14.0 Å². The second kappa shape index (κ2) is 6.09. The molecule has 3 heterocycles. The fourth-order valence-corrected chi connectivity index (χ4v) is 2.67. The van der Waals surface area contributed by atoms with Crippen LogP contribution in [0.3, 0.4) is 0 Å². The Kier molecular flexibility index (Phi) is 3.63. The van der Waals surface area contributed by atoms with Crippen molar-refractivity contribution in [3.05, 3.63) is 72.4 Å². The number of aromatic nitrogens is 2. The number of anilines is 1. The van der Waals surface area contributed by atoms with Gasteiger partial charge in [0.25, 0.3) is 5.91 Å². The predicted molar refractivity (Wildman–Crippen MR) is 93.6 cm³/mol. The van der Waals surface area contributed by atoms with Crippen molar-refractivity contribution in [1.29, 1.82) is 0 Å². The van der Waals surface area contributed by atoms with E-state index in [-0.39, 0.29) is 11.7 Å². The van der Waals surface area contributed by atoms with E-state index >= 15 is 0 Å². The number of nitrogens with one attached hydrogen (secondary N) is 2. The molecule has 0 saturated carbocycles. The van der Waals surface area contributed by atoms with Crippen molar-refractivity contribution in [2.75, 3.05) is 5.32 Å². The van der Waals surface area contributed by atoms with Gasteiger partial charge in [-0.15, -0.1) is 0 Å². The third-order valence-corrected chi connectivity index (χ3v) is 3.89. The average molecular weight is 331 g/mol. The molecule has 3 aromatic heterocycles. The lowest BCUT2D eigenvalue weighted by atomic mass is 10.1. The second-order valence-corrected chi connectivity index (χ2v) is 5.47. The molecule has 122 valence electrons. The number of pyridine rings is 1. The van der Waals surface area contributed by atoms with Crippen molar-refractivity contribution in [3.63, 3.8) is 0 Å². The van der Waals surface area contributed by atoms with E-state index < -0.39 is 0 Å². The van der Waals surface area contributed by atoms with Crippen molar-refractivity contribution in [2.45, 2.75) is 0 Å². The van der Waals surface area contributed by atoms with Crippen molar-refractivity contribution in [2.24, 2.45) is 0 Å². The van der Waals surface area contributed by atoms with Crippen LogP contribution in [0, 0.1) is 0 Å². The van der Waals surface area contributed by atoms with E-state index in [2.05, 4.69) is 15.3 Å². The number of fused-ring (bicyclic) bond motifs is 1. The van der Waals surface area contributed by atoms with Gasteiger partial charge in [0, 0.05) is 40.7 Å². The zero-order chi connectivity index (χ0) is 17.2. The maximum atomic E-state index is 12.6. The molecule has 6 heteroatoms. The molecule has 0 aliphatic rings. The van der Waals surface area contributed by atoms with Crippen LogP contribution < -0.4 is 5.32 Å². The van der Waals surface area contributed by atoms with Gasteiger partial charge >= 0.3 is 0 Å². The van der Waals surface area contributed by atoms with Crippen LogP contribution >= 0.6 is 0 Å². The number of rotatable bonds is 4. The van der Waals surface area contributed by atoms with Gasteiger partial charge in [-0.25, -0.2) is 0 Å². The first-order valence-corrected chi connectivity index (χ1v) is 7.62. The average Bonchev–Trinajstić information content (AvgIpc) is 3.29. The first-order valence-electron chi connectivity index (χ1n) is 7.62. The lowest BCUT2D eigenvalue weighted by Gasteiger charge is -2.04. The number of nitrogens with zero attached hydrogens (tertiary/aromatic N) is 1. The lowest BCUT2D eigenvalue weighted by Crippen LogP contribution is -2.11. The molecule has 0 spiro atoms. The zero-order valence-corrected chi connectivity index (χ0v) is 13.0. The van der Waals surface area contributed by atoms with E-state index in [1.54, 1.807) is 42.9 Å². The molecule has 0 unspecified atom stereocenters. The highest BCUT2D eigenvalue weighted by Crippen LogP contribution is 2.28. The van der Waals surface area contributed by atoms with Gasteiger partial charge in [-0.05, 0) is 42.5 Å². The Bertz CT molecular complexity index is 1060. The summed E-state index contributed by atoms with van der Waals surface area (Å²) in [5, 5.41) is 3.61. The standard InChI is InChI=1S/C19H13N3O3/c23-11-14-2-4-18(25-14)12-1-3-17-15(9-12)16(10-21-17)19(24)22-13-5-7-20-8-6-13/h1-11,21H,(H,20,22,24). The normalized spacial score (nSPS) is 10.7. The zero-order valence-electron chi connectivity index (χ0n) is 13.0. The van der Waals surface area contributed by atoms with Crippen LogP contribution in [0.4, 0.5) is 5.69 Å². The molecule has 4 rings (SSSR count). The largest absolute Gasteiger partial charge is 0.453 e. The van der Waals surface area contributed by atoms with Gasteiger partial charge in [0.1, 0.15) is 5.76 Å². The summed E-state index contributed by atoms with van der Waals surface area (Å²) in [6.45, 7) is 0. The van der Waals surface area contributed by atoms with E-state index in [9.17, 15) is 9.59 Å². The van der Waals surface area contributed by atoms with Crippen LogP contribution in [0.15, 0.2) is 65.5 Å². The quantitative estimate of drug-likeness (QED) is 0.555. The molecule has 25 heavy (non-hydrogen) atoms. The summed E-state index contributed by atoms with van der Waals surface area (Å²) in [6, 6.07) is 12.4. The smallest absolute Gasteiger partial charge is 0.257 e. The van der Waals surface area contributed by atoms with E-state index in [4.69, 9.17) is 4.42 Å². The van der Waals surface area contributed by atoms with Gasteiger partial charge in [0.15, 0.2) is 12.0 Å². The number of hydrogen-bond acceptors (Lipinski definition) is 4. The Labute approximate surface area is 142 Å². The highest BCUT2D eigenvalue weighted by molar-refractivity contribution is 6.13. The third kappa shape index (κ3) is 2.81. The minimum absolute atomic E-state index is 0.220. The summed E-state index contributed by atoms with van der Waals surface area (Å²) in [6.07, 6.45) is 5.56. The highest BCUT2D eigenvalue weighted by atomic mass is 16.3. The Hall–Kier alpha value is -3.67. The first kappa shape index (κ1) is 14.9. The van der Waals surface area contributed by atoms with Gasteiger partial charge in [0.05, 0.1) is 5.56 Å². The van der Waals surface area contributed by atoms with Crippen molar-refractivity contribution >= 4 is 28.8 Å². The minimum atomic E-state index is -0.220. The van der Waals surface area contributed by atoms with Crippen molar-refractivity contribution in [1.82, 2.24) is 9.97 Å². The number of carbonyl (C=O) groups is 2. The van der Waals surface area contributed by atoms with Gasteiger partial charge < -0.3 is 14.7 Å². The van der Waals surface area contributed by atoms with E-state index in [1.807, 2.05) is 18.2 Å². The molecular weight excluding hydrogens is 318 g/mol. The maximum Gasteiger partial charge on any atom is 0.257 e. The van der Waals surface area contributed by atoms with Gasteiger partial charge in [-0.1, -0.05) is 0 Å². The third-order valence-electron chi connectivity index (χ3n) is 3.89. The molecule has 0 aliphatic heterocycles. The van der Waals surface area contributed by atoms with Crippen molar-refractivity contribution in [3.8, 4) is 11.3 Å². The molecule has 0 fully saturated rings. The molecule has 2 N–H and O–H groups in total. The number of H-pyrrole nitrogens is 1. The molecule has 6 nitrogen and oxygen atoms in total. The number of hydrogen-bond donors (Lipinski definition) is 2. The minimum Gasteiger partial charge on any atom is -0.453 e.